The fourth-order valence-electron chi connectivity index (χ4n) is 5.46. The zero-order valence-electron chi connectivity index (χ0n) is 23.6. The van der Waals surface area contributed by atoms with Gasteiger partial charge in [-0.1, -0.05) is 58.2 Å². The smallest absolute Gasteiger partial charge is 0.264 e. The van der Waals surface area contributed by atoms with Gasteiger partial charge in [-0.25, -0.2) is 0 Å². The van der Waals surface area contributed by atoms with Crippen LogP contribution in [0.15, 0.2) is 59.2 Å². The standard InChI is InChI=1S/C31H43N3O4S/c1-4-7-12-24-16-17-30-28(23-24)34(26-14-10-11-15-29(26)38-30)27(19-22-39(35,36)37)31-32-20-18-25(13-8-5-2)33(31)21-9-6-3/h10-11,14-18,20,23,27,31H,4-9,12-13,19,21-22H2,1-3H3,(H,35,36,37). The minimum absolute atomic E-state index is 0.220. The molecule has 2 atom stereocenters. The van der Waals surface area contributed by atoms with E-state index < -0.39 is 10.1 Å². The molecule has 2 unspecified atom stereocenters. The van der Waals surface area contributed by atoms with Gasteiger partial charge in [-0.05, 0) is 74.4 Å². The summed E-state index contributed by atoms with van der Waals surface area (Å²) in [7, 11) is -4.18. The molecule has 2 heterocycles. The number of benzene rings is 2. The summed E-state index contributed by atoms with van der Waals surface area (Å²) >= 11 is 0. The highest BCUT2D eigenvalue weighted by Crippen LogP contribution is 2.49. The molecule has 2 aromatic carbocycles. The molecule has 2 aliphatic rings. The number of aryl methyl sites for hydroxylation is 1. The first-order chi connectivity index (χ1) is 18.9. The summed E-state index contributed by atoms with van der Waals surface area (Å²) < 4.78 is 40.3. The maximum atomic E-state index is 12.1. The number of unbranched alkanes of at least 4 members (excludes halogenated alkanes) is 3. The molecule has 39 heavy (non-hydrogen) atoms. The summed E-state index contributed by atoms with van der Waals surface area (Å²) in [5.74, 6) is 1.13. The molecule has 0 fully saturated rings. The van der Waals surface area contributed by atoms with Gasteiger partial charge in [0.05, 0.1) is 23.2 Å². The second-order valence-electron chi connectivity index (χ2n) is 10.5. The van der Waals surface area contributed by atoms with E-state index >= 15 is 0 Å². The van der Waals surface area contributed by atoms with Gasteiger partial charge in [0.15, 0.2) is 11.5 Å². The fourth-order valence-corrected chi connectivity index (χ4v) is 6.00. The molecule has 4 rings (SSSR count). The molecule has 2 aromatic rings. The van der Waals surface area contributed by atoms with E-state index in [2.05, 4.69) is 48.8 Å². The SMILES string of the molecule is CCCCC1=CC=NC(C(CCS(=O)(=O)O)N2c3ccccc3Oc3ccc(CCCC)cc32)N1CCCC. The van der Waals surface area contributed by atoms with Crippen molar-refractivity contribution in [3.05, 3.63) is 59.8 Å². The second-order valence-corrected chi connectivity index (χ2v) is 12.1. The Bertz CT molecular complexity index is 1270. The molecule has 0 saturated heterocycles. The van der Waals surface area contributed by atoms with Crippen LogP contribution in [0, 0.1) is 0 Å². The fraction of sp³-hybridized carbons (Fsp3) is 0.516. The van der Waals surface area contributed by atoms with Crippen LogP contribution in [-0.4, -0.2) is 48.6 Å². The van der Waals surface area contributed by atoms with Gasteiger partial charge in [-0.3, -0.25) is 9.55 Å². The zero-order valence-corrected chi connectivity index (χ0v) is 24.4. The molecule has 0 bridgehead atoms. The lowest BCUT2D eigenvalue weighted by Gasteiger charge is -2.46. The van der Waals surface area contributed by atoms with Crippen molar-refractivity contribution >= 4 is 27.7 Å². The number of nitrogens with zero attached hydrogens (tertiary/aromatic N) is 3. The number of hydrogen-bond donors (Lipinski definition) is 1. The number of hydrogen-bond acceptors (Lipinski definition) is 6. The van der Waals surface area contributed by atoms with Crippen LogP contribution in [0.4, 0.5) is 11.4 Å². The number of fused-ring (bicyclic) bond motifs is 2. The van der Waals surface area contributed by atoms with Gasteiger partial charge in [0.2, 0.25) is 0 Å². The lowest BCUT2D eigenvalue weighted by molar-refractivity contribution is 0.208. The zero-order chi connectivity index (χ0) is 27.8. The third-order valence-electron chi connectivity index (χ3n) is 7.53. The van der Waals surface area contributed by atoms with Crippen LogP contribution in [0.2, 0.25) is 0 Å². The Hall–Kier alpha value is -2.84. The van der Waals surface area contributed by atoms with E-state index in [1.54, 1.807) is 0 Å². The molecular formula is C31H43N3O4S. The maximum absolute atomic E-state index is 12.1. The van der Waals surface area contributed by atoms with Gasteiger partial charge >= 0.3 is 0 Å². The third kappa shape index (κ3) is 7.22. The molecule has 0 spiro atoms. The number of aliphatic imine (C=N–C) groups is 1. The van der Waals surface area contributed by atoms with Crippen LogP contribution in [-0.2, 0) is 16.5 Å². The van der Waals surface area contributed by atoms with Crippen molar-refractivity contribution in [2.75, 3.05) is 17.2 Å². The van der Waals surface area contributed by atoms with Gasteiger partial charge in [0.25, 0.3) is 10.1 Å². The Kier molecular flexibility index (Phi) is 10.1. The summed E-state index contributed by atoms with van der Waals surface area (Å²) in [4.78, 5) is 9.57. The number of rotatable bonds is 14. The highest BCUT2D eigenvalue weighted by Gasteiger charge is 2.39. The van der Waals surface area contributed by atoms with Crippen molar-refractivity contribution in [1.82, 2.24) is 4.90 Å². The van der Waals surface area contributed by atoms with Crippen molar-refractivity contribution in [2.45, 2.75) is 90.8 Å². The first-order valence-electron chi connectivity index (χ1n) is 14.5. The summed E-state index contributed by atoms with van der Waals surface area (Å²) in [6.45, 7) is 7.40. The molecule has 0 amide bonds. The average molecular weight is 554 g/mol. The lowest BCUT2D eigenvalue weighted by atomic mass is 9.99. The van der Waals surface area contributed by atoms with Gasteiger partial charge in [-0.2, -0.15) is 8.42 Å². The van der Waals surface area contributed by atoms with Crippen LogP contribution in [0.5, 0.6) is 11.5 Å². The Balaban J connectivity index is 1.84. The minimum atomic E-state index is -4.18. The molecule has 0 saturated carbocycles. The Morgan fingerprint density at radius 1 is 0.949 bits per heavy atom. The number of ether oxygens (including phenoxy) is 1. The van der Waals surface area contributed by atoms with E-state index in [9.17, 15) is 13.0 Å². The number of para-hydroxylation sites is 2. The second kappa shape index (κ2) is 13.5. The van der Waals surface area contributed by atoms with Crippen LogP contribution in [0.1, 0.15) is 77.7 Å². The van der Waals surface area contributed by atoms with Crippen molar-refractivity contribution in [1.29, 1.82) is 0 Å². The van der Waals surface area contributed by atoms with Gasteiger partial charge in [0, 0.05) is 18.5 Å². The molecule has 8 heteroatoms. The quantitative estimate of drug-likeness (QED) is 0.244. The normalized spacial score (nSPS) is 17.3. The largest absolute Gasteiger partial charge is 0.453 e. The van der Waals surface area contributed by atoms with E-state index in [-0.39, 0.29) is 24.4 Å². The summed E-state index contributed by atoms with van der Waals surface area (Å²) in [6.07, 6.45) is 12.2. The first-order valence-corrected chi connectivity index (χ1v) is 16.1. The summed E-state index contributed by atoms with van der Waals surface area (Å²) in [5.41, 5.74) is 4.25. The minimum Gasteiger partial charge on any atom is -0.453 e. The third-order valence-corrected chi connectivity index (χ3v) is 8.28. The van der Waals surface area contributed by atoms with Crippen LogP contribution in [0.3, 0.4) is 0 Å². The first kappa shape index (κ1) is 29.2. The van der Waals surface area contributed by atoms with Crippen LogP contribution >= 0.6 is 0 Å². The maximum Gasteiger partial charge on any atom is 0.264 e. The van der Waals surface area contributed by atoms with E-state index in [0.29, 0.717) is 0 Å². The highest BCUT2D eigenvalue weighted by molar-refractivity contribution is 7.85. The van der Waals surface area contributed by atoms with E-state index in [1.165, 1.54) is 11.3 Å². The molecule has 2 aliphatic heterocycles. The Morgan fingerprint density at radius 2 is 1.67 bits per heavy atom. The number of allylic oxidation sites excluding steroid dienone is 2. The molecular weight excluding hydrogens is 510 g/mol. The van der Waals surface area contributed by atoms with Gasteiger partial charge in [-0.15, -0.1) is 0 Å². The van der Waals surface area contributed by atoms with Crippen LogP contribution < -0.4 is 9.64 Å². The summed E-state index contributed by atoms with van der Waals surface area (Å²) in [6, 6.07) is 13.9. The van der Waals surface area contributed by atoms with E-state index in [1.807, 2.05) is 36.5 Å². The predicted octanol–water partition coefficient (Wildman–Crippen LogP) is 7.51. The topological polar surface area (TPSA) is 82.4 Å². The van der Waals surface area contributed by atoms with Gasteiger partial charge in [0.1, 0.15) is 6.17 Å². The molecule has 0 aliphatic carbocycles. The molecule has 212 valence electrons. The van der Waals surface area contributed by atoms with Gasteiger partial charge < -0.3 is 14.5 Å². The molecule has 7 nitrogen and oxygen atoms in total. The lowest BCUT2D eigenvalue weighted by Crippen LogP contribution is -2.51. The van der Waals surface area contributed by atoms with Crippen molar-refractivity contribution in [3.8, 4) is 11.5 Å². The predicted molar refractivity (Wildman–Crippen MR) is 160 cm³/mol. The summed E-state index contributed by atoms with van der Waals surface area (Å²) in [5, 5.41) is 0. The van der Waals surface area contributed by atoms with E-state index in [0.717, 1.165) is 80.8 Å². The molecule has 1 N–H and O–H groups in total. The number of anilines is 2. The average Bonchev–Trinajstić information content (AvgIpc) is 2.93. The monoisotopic (exact) mass is 553 g/mol. The highest BCUT2D eigenvalue weighted by atomic mass is 32.2. The van der Waals surface area contributed by atoms with Crippen molar-refractivity contribution in [3.63, 3.8) is 0 Å². The van der Waals surface area contributed by atoms with Crippen molar-refractivity contribution < 1.29 is 17.7 Å². The van der Waals surface area contributed by atoms with E-state index in [4.69, 9.17) is 9.73 Å². The molecule has 0 aromatic heterocycles. The van der Waals surface area contributed by atoms with Crippen LogP contribution in [0.25, 0.3) is 0 Å². The molecule has 0 radical (unpaired) electrons. The Labute approximate surface area is 234 Å². The van der Waals surface area contributed by atoms with Crippen molar-refractivity contribution in [2.24, 2.45) is 4.99 Å². The Morgan fingerprint density at radius 3 is 2.41 bits per heavy atom.